The van der Waals surface area contributed by atoms with E-state index in [0.717, 1.165) is 69.0 Å². The summed E-state index contributed by atoms with van der Waals surface area (Å²) in [7, 11) is 1.52. The number of dihydropyridines is 1. The maximum atomic E-state index is 13.7. The van der Waals surface area contributed by atoms with Gasteiger partial charge in [-0.3, -0.25) is 9.59 Å². The SMILES string of the molecule is COc1cc2c(cc1O)C(CCC(O)C(CCC(C)C)CC1=C(Cc3cc[nH]c3)CNC(N)=C1)C#CC(C(O)CCCCC1CNC3CC(=O)CCC3C1)C(=O)CC2. The van der Waals surface area contributed by atoms with Gasteiger partial charge in [0, 0.05) is 50.2 Å². The summed E-state index contributed by atoms with van der Waals surface area (Å²) in [6, 6.07) is 5.95. The summed E-state index contributed by atoms with van der Waals surface area (Å²) in [6.45, 7) is 6.04. The number of aliphatic hydroxyl groups is 2. The standard InChI is InChI=1S/C48H68N4O6/c1-30(2)8-9-36(22-37-24-48(49)52-29-38(37)21-32-18-19-50-27-32)43(54)16-12-33-11-15-40(45(56)17-13-34-23-47(58-3)46(57)26-41(33)34)44(55)7-5-4-6-31-20-35-10-14-39(53)25-42(35)51-28-31/h18-19,23-24,26-27,30-31,33,35-36,40,42-44,50-52,54-55,57H,4-10,12-14,16-17,20-22,25,28-29,49H2,1-3H3. The molecule has 8 unspecified atom stereocenters. The maximum Gasteiger partial charge on any atom is 0.160 e. The fourth-order valence-electron chi connectivity index (χ4n) is 9.81. The smallest absolute Gasteiger partial charge is 0.160 e. The third kappa shape index (κ3) is 11.8. The van der Waals surface area contributed by atoms with Crippen LogP contribution in [0.5, 0.6) is 11.5 Å². The number of Topliss-reactive ketones (excluding diaryl/α,β-unsaturated/α-hetero) is 2. The van der Waals surface area contributed by atoms with Gasteiger partial charge in [-0.2, -0.15) is 0 Å². The molecule has 0 radical (unpaired) electrons. The van der Waals surface area contributed by atoms with Crippen LogP contribution in [0.3, 0.4) is 0 Å². The molecule has 0 bridgehead atoms. The number of phenols is 1. The van der Waals surface area contributed by atoms with Crippen molar-refractivity contribution in [2.45, 2.75) is 141 Å². The number of rotatable bonds is 18. The lowest BCUT2D eigenvalue weighted by atomic mass is 9.74. The molecular formula is C48H68N4O6. The average Bonchev–Trinajstić information content (AvgIpc) is 3.74. The number of fused-ring (bicyclic) bond motifs is 2. The van der Waals surface area contributed by atoms with Crippen molar-refractivity contribution >= 4 is 11.6 Å². The number of piperidine rings is 1. The summed E-state index contributed by atoms with van der Waals surface area (Å²) >= 11 is 0. The highest BCUT2D eigenvalue weighted by atomic mass is 16.5. The molecular weight excluding hydrogens is 729 g/mol. The highest BCUT2D eigenvalue weighted by molar-refractivity contribution is 5.85. The molecule has 10 nitrogen and oxygen atoms in total. The maximum absolute atomic E-state index is 13.7. The topological polar surface area (TPSA) is 170 Å². The number of hydrogen-bond acceptors (Lipinski definition) is 9. The van der Waals surface area contributed by atoms with E-state index in [1.807, 2.05) is 24.5 Å². The summed E-state index contributed by atoms with van der Waals surface area (Å²) in [5.41, 5.74) is 11.7. The fourth-order valence-corrected chi connectivity index (χ4v) is 9.81. The molecule has 0 amide bonds. The first-order chi connectivity index (χ1) is 28.0. The summed E-state index contributed by atoms with van der Waals surface area (Å²) in [5, 5.41) is 41.3. The Morgan fingerprint density at radius 2 is 1.86 bits per heavy atom. The van der Waals surface area contributed by atoms with Crippen molar-refractivity contribution in [2.75, 3.05) is 20.2 Å². The first-order valence-corrected chi connectivity index (χ1v) is 22.1. The second-order valence-electron chi connectivity index (χ2n) is 18.1. The molecule has 6 rings (SSSR count). The number of ether oxygens (including phenoxy) is 1. The van der Waals surface area contributed by atoms with Crippen LogP contribution < -0.4 is 21.1 Å². The van der Waals surface area contributed by atoms with Gasteiger partial charge < -0.3 is 41.4 Å². The lowest BCUT2D eigenvalue weighted by molar-refractivity contribution is -0.124. The van der Waals surface area contributed by atoms with Crippen LogP contribution in [-0.4, -0.2) is 70.3 Å². The number of nitrogens with two attached hydrogens (primary N) is 1. The van der Waals surface area contributed by atoms with E-state index < -0.39 is 18.1 Å². The number of carbonyl (C=O) groups excluding carboxylic acids is 2. The van der Waals surface area contributed by atoms with E-state index in [-0.39, 0.29) is 29.8 Å². The number of hydrogen-bond donors (Lipinski definition) is 7. The molecule has 1 aromatic carbocycles. The third-order valence-electron chi connectivity index (χ3n) is 13.3. The molecule has 10 heteroatoms. The number of aliphatic hydroxyl groups excluding tert-OH is 2. The monoisotopic (exact) mass is 797 g/mol. The number of benzene rings is 1. The minimum Gasteiger partial charge on any atom is -0.504 e. The van der Waals surface area contributed by atoms with Crippen LogP contribution in [0.15, 0.2) is 53.6 Å². The van der Waals surface area contributed by atoms with Crippen LogP contribution >= 0.6 is 0 Å². The van der Waals surface area contributed by atoms with Crippen LogP contribution in [-0.2, 0) is 22.4 Å². The molecule has 8 N–H and O–H groups in total. The van der Waals surface area contributed by atoms with Gasteiger partial charge in [0.15, 0.2) is 17.3 Å². The van der Waals surface area contributed by atoms with Crippen molar-refractivity contribution in [1.29, 1.82) is 0 Å². The number of ketones is 2. The van der Waals surface area contributed by atoms with Gasteiger partial charge in [0.05, 0.1) is 25.1 Å². The number of nitrogens with one attached hydrogen (secondary N) is 3. The highest BCUT2D eigenvalue weighted by Crippen LogP contribution is 2.38. The summed E-state index contributed by atoms with van der Waals surface area (Å²) in [5.74, 6) is 8.46. The zero-order chi connectivity index (χ0) is 41.2. The fraction of sp³-hybridized carbons (Fsp3) is 0.625. The number of aromatic hydroxyl groups is 1. The minimum absolute atomic E-state index is 0.00245. The number of aromatic nitrogens is 1. The van der Waals surface area contributed by atoms with Crippen LogP contribution in [0.25, 0.3) is 0 Å². The molecule has 316 valence electrons. The number of unbranched alkanes of at least 4 members (excludes halogenated alkanes) is 1. The van der Waals surface area contributed by atoms with Crippen molar-refractivity contribution in [3.63, 3.8) is 0 Å². The number of aryl methyl sites for hydroxylation is 1. The van der Waals surface area contributed by atoms with Crippen molar-refractivity contribution in [1.82, 2.24) is 15.6 Å². The Bertz CT molecular complexity index is 1820. The average molecular weight is 797 g/mol. The van der Waals surface area contributed by atoms with Crippen molar-refractivity contribution < 1.29 is 29.6 Å². The zero-order valence-corrected chi connectivity index (χ0v) is 35.0. The molecule has 0 spiro atoms. The predicted octanol–water partition coefficient (Wildman–Crippen LogP) is 6.74. The van der Waals surface area contributed by atoms with Gasteiger partial charge in [0.25, 0.3) is 0 Å². The van der Waals surface area contributed by atoms with Gasteiger partial charge in [-0.15, -0.1) is 0 Å². The number of methoxy groups -OCH3 is 1. The molecule has 1 saturated heterocycles. The van der Waals surface area contributed by atoms with Crippen LogP contribution in [0.4, 0.5) is 0 Å². The van der Waals surface area contributed by atoms with Crippen LogP contribution in [0, 0.1) is 41.4 Å². The van der Waals surface area contributed by atoms with Crippen molar-refractivity contribution in [3.05, 3.63) is 70.3 Å². The minimum atomic E-state index is -0.867. The summed E-state index contributed by atoms with van der Waals surface area (Å²) in [4.78, 5) is 28.8. The van der Waals surface area contributed by atoms with Gasteiger partial charge >= 0.3 is 0 Å². The van der Waals surface area contributed by atoms with Gasteiger partial charge in [-0.05, 0) is 147 Å². The van der Waals surface area contributed by atoms with E-state index in [1.54, 1.807) is 6.07 Å². The Hall–Kier alpha value is -4.04. The second-order valence-corrected chi connectivity index (χ2v) is 18.1. The first-order valence-electron chi connectivity index (χ1n) is 22.1. The second kappa shape index (κ2) is 20.8. The zero-order valence-electron chi connectivity index (χ0n) is 35.0. The Balaban J connectivity index is 1.15. The summed E-state index contributed by atoms with van der Waals surface area (Å²) in [6.07, 6.45) is 16.4. The number of phenolic OH excluding ortho intramolecular Hbond substituents is 1. The molecule has 4 aliphatic rings. The normalized spacial score (nSPS) is 25.2. The van der Waals surface area contributed by atoms with E-state index in [1.165, 1.54) is 23.8 Å². The summed E-state index contributed by atoms with van der Waals surface area (Å²) < 4.78 is 5.47. The number of carbonyl (C=O) groups is 2. The Labute approximate surface area is 345 Å². The molecule has 58 heavy (non-hydrogen) atoms. The number of H-pyrrole nitrogens is 1. The van der Waals surface area contributed by atoms with Gasteiger partial charge in [0.1, 0.15) is 11.7 Å². The van der Waals surface area contributed by atoms with Crippen LogP contribution in [0.2, 0.25) is 0 Å². The lowest BCUT2D eigenvalue weighted by Gasteiger charge is -2.39. The largest absolute Gasteiger partial charge is 0.504 e. The molecule has 2 aromatic rings. The van der Waals surface area contributed by atoms with E-state index in [4.69, 9.17) is 10.5 Å². The molecule has 1 aromatic heterocycles. The Morgan fingerprint density at radius 1 is 1.02 bits per heavy atom. The highest BCUT2D eigenvalue weighted by Gasteiger charge is 2.35. The molecule has 2 aliphatic heterocycles. The van der Waals surface area contributed by atoms with E-state index >= 15 is 0 Å². The molecule has 2 fully saturated rings. The van der Waals surface area contributed by atoms with Crippen LogP contribution in [0.1, 0.15) is 126 Å². The van der Waals surface area contributed by atoms with E-state index in [2.05, 4.69) is 47.4 Å². The van der Waals surface area contributed by atoms with Crippen molar-refractivity contribution in [3.8, 4) is 23.3 Å². The quantitative estimate of drug-likeness (QED) is 0.0638. The number of aromatic amines is 1. The molecule has 8 atom stereocenters. The lowest BCUT2D eigenvalue weighted by Crippen LogP contribution is -2.48. The Morgan fingerprint density at radius 3 is 2.64 bits per heavy atom. The first kappa shape index (κ1) is 43.5. The number of allylic oxidation sites excluding steroid dienone is 2. The van der Waals surface area contributed by atoms with Gasteiger partial charge in [0.2, 0.25) is 0 Å². The third-order valence-corrected chi connectivity index (χ3v) is 13.3. The van der Waals surface area contributed by atoms with Gasteiger partial charge in [-0.25, -0.2) is 0 Å². The van der Waals surface area contributed by atoms with Gasteiger partial charge in [-0.1, -0.05) is 45.0 Å². The van der Waals surface area contributed by atoms with Crippen molar-refractivity contribution in [2.24, 2.45) is 35.3 Å². The Kier molecular flexibility index (Phi) is 15.6. The molecule has 3 heterocycles. The van der Waals surface area contributed by atoms with E-state index in [9.17, 15) is 24.9 Å². The molecule has 2 aliphatic carbocycles. The predicted molar refractivity (Wildman–Crippen MR) is 228 cm³/mol. The molecule has 1 saturated carbocycles. The van der Waals surface area contributed by atoms with E-state index in [0.29, 0.717) is 92.6 Å².